The zero-order chi connectivity index (χ0) is 17.4. The number of pyridine rings is 1. The lowest BCUT2D eigenvalue weighted by Gasteiger charge is -2.12. The van der Waals surface area contributed by atoms with E-state index in [4.69, 9.17) is 0 Å². The molecule has 1 aromatic carbocycles. The largest absolute Gasteiger partial charge is 0.343 e. The van der Waals surface area contributed by atoms with Gasteiger partial charge in [0, 0.05) is 49.6 Å². The maximum atomic E-state index is 11.5. The smallest absolute Gasteiger partial charge is 0.331 e. The summed E-state index contributed by atoms with van der Waals surface area (Å²) in [5, 5.41) is 7.62. The molecule has 0 aliphatic heterocycles. The number of aryl methyl sites for hydroxylation is 3. The monoisotopic (exact) mass is 334 g/mol. The Morgan fingerprint density at radius 1 is 1.16 bits per heavy atom. The average molecular weight is 334 g/mol. The number of rotatable bonds is 4. The van der Waals surface area contributed by atoms with Crippen molar-refractivity contribution in [3.05, 3.63) is 64.7 Å². The van der Waals surface area contributed by atoms with Gasteiger partial charge < -0.3 is 4.57 Å². The third-order valence-corrected chi connectivity index (χ3v) is 4.48. The lowest BCUT2D eigenvalue weighted by molar-refractivity contribution is 0.650. The van der Waals surface area contributed by atoms with Crippen molar-refractivity contribution in [2.24, 2.45) is 7.05 Å². The third-order valence-electron chi connectivity index (χ3n) is 4.48. The van der Waals surface area contributed by atoms with Crippen LogP contribution in [-0.4, -0.2) is 29.3 Å². The molecule has 7 heteroatoms. The Balaban J connectivity index is 1.74. The van der Waals surface area contributed by atoms with E-state index in [2.05, 4.69) is 43.8 Å². The summed E-state index contributed by atoms with van der Waals surface area (Å²) < 4.78 is 3.62. The van der Waals surface area contributed by atoms with Gasteiger partial charge in [0.1, 0.15) is 11.6 Å². The molecule has 0 spiro atoms. The molecule has 0 saturated carbocycles. The van der Waals surface area contributed by atoms with Crippen LogP contribution in [0, 0.1) is 6.92 Å². The van der Waals surface area contributed by atoms with E-state index >= 15 is 0 Å². The van der Waals surface area contributed by atoms with Crippen LogP contribution >= 0.6 is 0 Å². The maximum absolute atomic E-state index is 11.5. The van der Waals surface area contributed by atoms with Crippen LogP contribution in [0.5, 0.6) is 0 Å². The van der Waals surface area contributed by atoms with Crippen molar-refractivity contribution < 1.29 is 0 Å². The minimum absolute atomic E-state index is 0.197. The highest BCUT2D eigenvalue weighted by atomic mass is 16.1. The zero-order valence-electron chi connectivity index (χ0n) is 14.1. The summed E-state index contributed by atoms with van der Waals surface area (Å²) in [7, 11) is 1.72. The van der Waals surface area contributed by atoms with Crippen molar-refractivity contribution in [3.8, 4) is 11.4 Å². The highest BCUT2D eigenvalue weighted by Crippen LogP contribution is 2.30. The molecule has 25 heavy (non-hydrogen) atoms. The number of H-pyrrole nitrogens is 1. The second kappa shape index (κ2) is 6.01. The summed E-state index contributed by atoms with van der Waals surface area (Å²) in [6, 6.07) is 8.11. The normalized spacial score (nSPS) is 11.3. The predicted octanol–water partition coefficient (Wildman–Crippen LogP) is 2.07. The molecule has 0 saturated heterocycles. The molecule has 0 aliphatic rings. The number of aromatic amines is 1. The summed E-state index contributed by atoms with van der Waals surface area (Å²) in [5.74, 6) is 1.62. The minimum atomic E-state index is -0.197. The fourth-order valence-corrected chi connectivity index (χ4v) is 3.10. The predicted molar refractivity (Wildman–Crippen MR) is 95.2 cm³/mol. The number of nitrogens with one attached hydrogen (secondary N) is 1. The van der Waals surface area contributed by atoms with Crippen LogP contribution in [0.25, 0.3) is 22.3 Å². The Labute approximate surface area is 144 Å². The second-order valence-electron chi connectivity index (χ2n) is 6.03. The molecule has 7 nitrogen and oxygen atoms in total. The first-order chi connectivity index (χ1) is 12.1. The van der Waals surface area contributed by atoms with Crippen LogP contribution < -0.4 is 5.69 Å². The number of hydrogen-bond acceptors (Lipinski definition) is 4. The van der Waals surface area contributed by atoms with Crippen molar-refractivity contribution in [2.45, 2.75) is 19.9 Å². The van der Waals surface area contributed by atoms with E-state index in [9.17, 15) is 4.79 Å². The third kappa shape index (κ3) is 2.63. The molecule has 1 N–H and O–H groups in total. The molecule has 3 heterocycles. The number of nitrogens with zero attached hydrogens (tertiary/aromatic N) is 5. The fourth-order valence-electron chi connectivity index (χ4n) is 3.10. The Bertz CT molecular complexity index is 1100. The van der Waals surface area contributed by atoms with Gasteiger partial charge >= 0.3 is 5.69 Å². The second-order valence-corrected chi connectivity index (χ2v) is 6.03. The van der Waals surface area contributed by atoms with Crippen LogP contribution in [0.1, 0.15) is 11.4 Å². The SMILES string of the molecule is Cc1ccc2ncccc2c1-c1nccn1CCc1n[nH]c(=O)n1C. The van der Waals surface area contributed by atoms with Crippen molar-refractivity contribution in [1.82, 2.24) is 29.3 Å². The number of fused-ring (bicyclic) bond motifs is 1. The van der Waals surface area contributed by atoms with Gasteiger partial charge in [-0.05, 0) is 24.6 Å². The van der Waals surface area contributed by atoms with E-state index in [1.54, 1.807) is 19.4 Å². The van der Waals surface area contributed by atoms with Gasteiger partial charge in [-0.2, -0.15) is 5.10 Å². The van der Waals surface area contributed by atoms with Crippen molar-refractivity contribution >= 4 is 10.9 Å². The first kappa shape index (κ1) is 15.3. The van der Waals surface area contributed by atoms with E-state index < -0.39 is 0 Å². The number of imidazole rings is 1. The standard InChI is InChI=1S/C18H18N6O/c1-12-5-6-14-13(4-3-8-19-14)16(12)17-20-9-11-24(17)10-7-15-21-22-18(25)23(15)2/h3-6,8-9,11H,7,10H2,1-2H3,(H,22,25). The molecular weight excluding hydrogens is 316 g/mol. The van der Waals surface area contributed by atoms with Gasteiger partial charge in [0.2, 0.25) is 0 Å². The van der Waals surface area contributed by atoms with E-state index in [1.165, 1.54) is 4.57 Å². The molecule has 4 aromatic rings. The topological polar surface area (TPSA) is 81.4 Å². The van der Waals surface area contributed by atoms with E-state index in [0.29, 0.717) is 13.0 Å². The van der Waals surface area contributed by atoms with Gasteiger partial charge in [0.05, 0.1) is 5.52 Å². The zero-order valence-corrected chi connectivity index (χ0v) is 14.1. The molecule has 0 unspecified atom stereocenters. The highest BCUT2D eigenvalue weighted by molar-refractivity contribution is 5.94. The van der Waals surface area contributed by atoms with Gasteiger partial charge in [0.25, 0.3) is 0 Å². The molecule has 0 aliphatic carbocycles. The lowest BCUT2D eigenvalue weighted by Crippen LogP contribution is -2.15. The van der Waals surface area contributed by atoms with Gasteiger partial charge in [-0.15, -0.1) is 0 Å². The van der Waals surface area contributed by atoms with Crippen LogP contribution in [-0.2, 0) is 20.0 Å². The van der Waals surface area contributed by atoms with Crippen LogP contribution in [0.2, 0.25) is 0 Å². The molecule has 0 atom stereocenters. The van der Waals surface area contributed by atoms with Crippen molar-refractivity contribution in [1.29, 1.82) is 0 Å². The summed E-state index contributed by atoms with van der Waals surface area (Å²) in [6.45, 7) is 2.77. The Kier molecular flexibility index (Phi) is 3.68. The Hall–Kier alpha value is -3.22. The van der Waals surface area contributed by atoms with Gasteiger partial charge in [0.15, 0.2) is 0 Å². The summed E-state index contributed by atoms with van der Waals surface area (Å²) in [5.41, 5.74) is 3.00. The van der Waals surface area contributed by atoms with Crippen LogP contribution in [0.3, 0.4) is 0 Å². The summed E-state index contributed by atoms with van der Waals surface area (Å²) in [4.78, 5) is 20.5. The van der Waals surface area contributed by atoms with Gasteiger partial charge in [-0.3, -0.25) is 9.55 Å². The Morgan fingerprint density at radius 3 is 2.84 bits per heavy atom. The van der Waals surface area contributed by atoms with E-state index in [1.807, 2.05) is 18.3 Å². The van der Waals surface area contributed by atoms with Crippen molar-refractivity contribution in [3.63, 3.8) is 0 Å². The fraction of sp³-hybridized carbons (Fsp3) is 0.222. The molecule has 4 rings (SSSR count). The quantitative estimate of drug-likeness (QED) is 0.619. The molecule has 0 fully saturated rings. The molecular formula is C18H18N6O. The molecule has 126 valence electrons. The first-order valence-electron chi connectivity index (χ1n) is 8.11. The van der Waals surface area contributed by atoms with Gasteiger partial charge in [-0.1, -0.05) is 12.1 Å². The molecule has 0 radical (unpaired) electrons. The average Bonchev–Trinajstić information content (AvgIpc) is 3.20. The number of benzene rings is 1. The van der Waals surface area contributed by atoms with Crippen LogP contribution in [0.15, 0.2) is 47.7 Å². The summed E-state index contributed by atoms with van der Waals surface area (Å²) >= 11 is 0. The number of hydrogen-bond donors (Lipinski definition) is 1. The van der Waals surface area contributed by atoms with E-state index in [0.717, 1.165) is 33.7 Å². The highest BCUT2D eigenvalue weighted by Gasteiger charge is 2.14. The molecule has 0 bridgehead atoms. The minimum Gasteiger partial charge on any atom is -0.331 e. The maximum Gasteiger partial charge on any atom is 0.343 e. The Morgan fingerprint density at radius 2 is 2.04 bits per heavy atom. The molecule has 3 aromatic heterocycles. The first-order valence-corrected chi connectivity index (χ1v) is 8.11. The van der Waals surface area contributed by atoms with Gasteiger partial charge in [-0.25, -0.2) is 14.9 Å². The van der Waals surface area contributed by atoms with Crippen LogP contribution in [0.4, 0.5) is 0 Å². The lowest BCUT2D eigenvalue weighted by atomic mass is 10.0. The molecule has 0 amide bonds. The van der Waals surface area contributed by atoms with Crippen molar-refractivity contribution in [2.75, 3.05) is 0 Å². The summed E-state index contributed by atoms with van der Waals surface area (Å²) in [6.07, 6.45) is 6.19. The van der Waals surface area contributed by atoms with E-state index in [-0.39, 0.29) is 5.69 Å². The number of aromatic nitrogens is 6.